The summed E-state index contributed by atoms with van der Waals surface area (Å²) >= 11 is 1.63. The molecule has 0 spiro atoms. The number of thioether (sulfide) groups is 1. The van der Waals surface area contributed by atoms with Gasteiger partial charge in [-0.05, 0) is 50.2 Å². The first-order valence-electron chi connectivity index (χ1n) is 10.3. The van der Waals surface area contributed by atoms with Gasteiger partial charge in [-0.15, -0.1) is 10.2 Å². The SMILES string of the molecule is O=S(=O)(Cc1nnc(SCCN2CCCCC2)n1-c1ccccc1)c1ccccc1. The smallest absolute Gasteiger partial charge is 0.195 e. The van der Waals surface area contributed by atoms with E-state index in [9.17, 15) is 8.42 Å². The van der Waals surface area contributed by atoms with Crippen LogP contribution in [0.2, 0.25) is 0 Å². The number of aromatic nitrogens is 3. The average Bonchev–Trinajstić information content (AvgIpc) is 3.17. The molecule has 0 saturated carbocycles. The van der Waals surface area contributed by atoms with Crippen LogP contribution in [-0.4, -0.2) is 53.5 Å². The van der Waals surface area contributed by atoms with Crippen molar-refractivity contribution in [2.45, 2.75) is 35.1 Å². The predicted molar refractivity (Wildman–Crippen MR) is 120 cm³/mol. The summed E-state index contributed by atoms with van der Waals surface area (Å²) in [5.74, 6) is 1.15. The fraction of sp³-hybridized carbons (Fsp3) is 0.364. The van der Waals surface area contributed by atoms with Crippen LogP contribution in [0, 0.1) is 0 Å². The normalized spacial score (nSPS) is 15.3. The van der Waals surface area contributed by atoms with Gasteiger partial charge in [0.05, 0.1) is 4.90 Å². The zero-order valence-electron chi connectivity index (χ0n) is 16.9. The molecule has 3 aromatic rings. The second kappa shape index (κ2) is 9.76. The first-order valence-corrected chi connectivity index (χ1v) is 12.9. The number of rotatable bonds is 8. The minimum Gasteiger partial charge on any atom is -0.303 e. The van der Waals surface area contributed by atoms with Gasteiger partial charge >= 0.3 is 0 Å². The number of hydrogen-bond acceptors (Lipinski definition) is 6. The van der Waals surface area contributed by atoms with Crippen molar-refractivity contribution in [2.24, 2.45) is 0 Å². The van der Waals surface area contributed by atoms with Gasteiger partial charge < -0.3 is 4.90 Å². The Hall–Kier alpha value is -2.16. The Bertz CT molecular complexity index is 1050. The number of piperidine rings is 1. The van der Waals surface area contributed by atoms with Crippen LogP contribution in [0.25, 0.3) is 5.69 Å². The molecule has 6 nitrogen and oxygen atoms in total. The molecule has 30 heavy (non-hydrogen) atoms. The molecule has 1 aromatic heterocycles. The van der Waals surface area contributed by atoms with Gasteiger partial charge in [-0.1, -0.05) is 54.6 Å². The van der Waals surface area contributed by atoms with Gasteiger partial charge in [-0.3, -0.25) is 4.57 Å². The summed E-state index contributed by atoms with van der Waals surface area (Å²) in [5.41, 5.74) is 0.876. The molecule has 1 saturated heterocycles. The number of hydrogen-bond donors (Lipinski definition) is 0. The summed E-state index contributed by atoms with van der Waals surface area (Å²) in [4.78, 5) is 2.78. The third-order valence-corrected chi connectivity index (χ3v) is 7.76. The lowest BCUT2D eigenvalue weighted by Crippen LogP contribution is -2.31. The quantitative estimate of drug-likeness (QED) is 0.494. The fourth-order valence-electron chi connectivity index (χ4n) is 3.65. The van der Waals surface area contributed by atoms with E-state index in [1.165, 1.54) is 19.3 Å². The molecule has 1 aliphatic heterocycles. The van der Waals surface area contributed by atoms with E-state index < -0.39 is 9.84 Å². The third-order valence-electron chi connectivity index (χ3n) is 5.22. The van der Waals surface area contributed by atoms with Gasteiger partial charge in [0.1, 0.15) is 5.75 Å². The monoisotopic (exact) mass is 442 g/mol. The molecule has 158 valence electrons. The summed E-state index contributed by atoms with van der Waals surface area (Å²) in [6.45, 7) is 3.32. The highest BCUT2D eigenvalue weighted by atomic mass is 32.2. The molecule has 0 radical (unpaired) electrons. The van der Waals surface area contributed by atoms with Crippen LogP contribution in [0.5, 0.6) is 0 Å². The average molecular weight is 443 g/mol. The van der Waals surface area contributed by atoms with Crippen LogP contribution in [0.15, 0.2) is 70.7 Å². The topological polar surface area (TPSA) is 68.1 Å². The van der Waals surface area contributed by atoms with E-state index >= 15 is 0 Å². The van der Waals surface area contributed by atoms with Crippen molar-refractivity contribution in [3.63, 3.8) is 0 Å². The third kappa shape index (κ3) is 5.11. The minimum atomic E-state index is -3.51. The van der Waals surface area contributed by atoms with Gasteiger partial charge in [-0.25, -0.2) is 8.42 Å². The lowest BCUT2D eigenvalue weighted by Gasteiger charge is -2.25. The predicted octanol–water partition coefficient (Wildman–Crippen LogP) is 3.82. The maximum absolute atomic E-state index is 12.9. The number of sulfone groups is 1. The van der Waals surface area contributed by atoms with Gasteiger partial charge in [0, 0.05) is 18.0 Å². The first kappa shape index (κ1) is 21.1. The van der Waals surface area contributed by atoms with Crippen molar-refractivity contribution in [2.75, 3.05) is 25.4 Å². The lowest BCUT2D eigenvalue weighted by atomic mass is 10.1. The summed E-state index contributed by atoms with van der Waals surface area (Å²) in [6.07, 6.45) is 3.87. The molecule has 0 N–H and O–H groups in total. The highest BCUT2D eigenvalue weighted by Gasteiger charge is 2.22. The molecule has 0 unspecified atom stereocenters. The molecule has 2 aromatic carbocycles. The summed E-state index contributed by atoms with van der Waals surface area (Å²) in [7, 11) is -3.51. The van der Waals surface area contributed by atoms with E-state index in [0.717, 1.165) is 36.2 Å². The molecule has 1 fully saturated rings. The van der Waals surface area contributed by atoms with Crippen LogP contribution < -0.4 is 0 Å². The van der Waals surface area contributed by atoms with E-state index in [0.29, 0.717) is 10.7 Å². The van der Waals surface area contributed by atoms with Gasteiger partial charge in [-0.2, -0.15) is 0 Å². The molecule has 0 bridgehead atoms. The van der Waals surface area contributed by atoms with Crippen LogP contribution in [0.3, 0.4) is 0 Å². The largest absolute Gasteiger partial charge is 0.303 e. The maximum Gasteiger partial charge on any atom is 0.195 e. The zero-order chi connectivity index (χ0) is 20.8. The Morgan fingerprint density at radius 3 is 2.23 bits per heavy atom. The van der Waals surface area contributed by atoms with Crippen molar-refractivity contribution in [3.8, 4) is 5.69 Å². The molecular formula is C22H26N4O2S2. The highest BCUT2D eigenvalue weighted by Crippen LogP contribution is 2.25. The van der Waals surface area contributed by atoms with Crippen molar-refractivity contribution in [3.05, 3.63) is 66.5 Å². The van der Waals surface area contributed by atoms with E-state index in [-0.39, 0.29) is 5.75 Å². The Morgan fingerprint density at radius 1 is 0.867 bits per heavy atom. The standard InChI is InChI=1S/C22H26N4O2S2/c27-30(28,20-12-6-2-7-13-20)18-21-23-24-22(26(21)19-10-4-1-5-11-19)29-17-16-25-14-8-3-9-15-25/h1-2,4-7,10-13H,3,8-9,14-18H2. The van der Waals surface area contributed by atoms with E-state index in [1.54, 1.807) is 36.0 Å². The van der Waals surface area contributed by atoms with Crippen LogP contribution in [0.4, 0.5) is 0 Å². The molecular weight excluding hydrogens is 416 g/mol. The highest BCUT2D eigenvalue weighted by molar-refractivity contribution is 7.99. The first-order chi connectivity index (χ1) is 14.6. The Balaban J connectivity index is 1.56. The molecule has 4 rings (SSSR count). The van der Waals surface area contributed by atoms with Crippen LogP contribution in [-0.2, 0) is 15.6 Å². The summed E-state index contributed by atoms with van der Waals surface area (Å²) in [5, 5.41) is 9.35. The number of benzene rings is 2. The maximum atomic E-state index is 12.9. The molecule has 1 aliphatic rings. The Labute approximate surface area is 182 Å². The molecule has 0 amide bonds. The molecule has 0 aliphatic carbocycles. The zero-order valence-corrected chi connectivity index (χ0v) is 18.5. The van der Waals surface area contributed by atoms with E-state index in [1.807, 2.05) is 41.0 Å². The van der Waals surface area contributed by atoms with Crippen molar-refractivity contribution in [1.82, 2.24) is 19.7 Å². The Morgan fingerprint density at radius 2 is 1.53 bits per heavy atom. The fourth-order valence-corrected chi connectivity index (χ4v) is 5.89. The van der Waals surface area contributed by atoms with Crippen molar-refractivity contribution < 1.29 is 8.42 Å². The molecule has 2 heterocycles. The summed E-state index contributed by atoms with van der Waals surface area (Å²) in [6, 6.07) is 18.2. The molecule has 8 heteroatoms. The number of para-hydroxylation sites is 1. The van der Waals surface area contributed by atoms with E-state index in [4.69, 9.17) is 0 Å². The Kier molecular flexibility index (Phi) is 6.86. The van der Waals surface area contributed by atoms with Gasteiger partial charge in [0.2, 0.25) is 0 Å². The minimum absolute atomic E-state index is 0.189. The molecule has 0 atom stereocenters. The van der Waals surface area contributed by atoms with Crippen molar-refractivity contribution in [1.29, 1.82) is 0 Å². The van der Waals surface area contributed by atoms with E-state index in [2.05, 4.69) is 15.1 Å². The number of nitrogens with zero attached hydrogens (tertiary/aromatic N) is 4. The van der Waals surface area contributed by atoms with Gasteiger partial charge in [0.15, 0.2) is 20.8 Å². The lowest BCUT2D eigenvalue weighted by molar-refractivity contribution is 0.242. The van der Waals surface area contributed by atoms with Crippen molar-refractivity contribution >= 4 is 21.6 Å². The summed E-state index contributed by atoms with van der Waals surface area (Å²) < 4.78 is 27.7. The second-order valence-electron chi connectivity index (χ2n) is 7.39. The number of likely N-dealkylation sites (tertiary alicyclic amines) is 1. The van der Waals surface area contributed by atoms with Gasteiger partial charge in [0.25, 0.3) is 0 Å². The van der Waals surface area contributed by atoms with Crippen LogP contribution in [0.1, 0.15) is 25.1 Å². The van der Waals surface area contributed by atoms with Crippen LogP contribution >= 0.6 is 11.8 Å². The second-order valence-corrected chi connectivity index (χ2v) is 10.4.